The first-order valence-electron chi connectivity index (χ1n) is 5.74. The molecule has 2 aliphatic rings. The van der Waals surface area contributed by atoms with Crippen LogP contribution in [0.1, 0.15) is 30.4 Å². The van der Waals surface area contributed by atoms with Crippen molar-refractivity contribution in [2.45, 2.75) is 38.3 Å². The highest BCUT2D eigenvalue weighted by atomic mass is 15.2. The van der Waals surface area contributed by atoms with E-state index in [2.05, 4.69) is 29.2 Å². The van der Waals surface area contributed by atoms with Gasteiger partial charge in [0.25, 0.3) is 0 Å². The predicted octanol–water partition coefficient (Wildman–Crippen LogP) is 2.60. The fourth-order valence-corrected chi connectivity index (χ4v) is 2.88. The summed E-state index contributed by atoms with van der Waals surface area (Å²) in [5.74, 6) is 0. The van der Waals surface area contributed by atoms with Crippen LogP contribution < -0.4 is 0 Å². The second-order valence-corrected chi connectivity index (χ2v) is 4.59. The average molecular weight is 187 g/mol. The Labute approximate surface area is 85.7 Å². The molecule has 0 aromatic heterocycles. The lowest BCUT2D eigenvalue weighted by atomic mass is 9.89. The predicted molar refractivity (Wildman–Crippen MR) is 58.2 cm³/mol. The average Bonchev–Trinajstić information content (AvgIpc) is 2.26. The second-order valence-electron chi connectivity index (χ2n) is 4.59. The van der Waals surface area contributed by atoms with Gasteiger partial charge in [0.1, 0.15) is 0 Å². The first-order valence-corrected chi connectivity index (χ1v) is 5.74. The maximum Gasteiger partial charge on any atom is 0.0239 e. The highest BCUT2D eigenvalue weighted by molar-refractivity contribution is 5.30. The third-order valence-electron chi connectivity index (χ3n) is 3.70. The van der Waals surface area contributed by atoms with Crippen LogP contribution in [0.3, 0.4) is 0 Å². The van der Waals surface area contributed by atoms with Crippen LogP contribution in [-0.2, 0) is 13.0 Å². The van der Waals surface area contributed by atoms with Crippen molar-refractivity contribution in [3.05, 3.63) is 35.4 Å². The van der Waals surface area contributed by atoms with Crippen molar-refractivity contribution in [3.8, 4) is 0 Å². The van der Waals surface area contributed by atoms with E-state index in [1.54, 1.807) is 11.1 Å². The third-order valence-corrected chi connectivity index (χ3v) is 3.70. The molecule has 1 aromatic carbocycles. The molecule has 1 atom stereocenters. The van der Waals surface area contributed by atoms with Gasteiger partial charge in [-0.05, 0) is 36.9 Å². The molecule has 1 aromatic rings. The summed E-state index contributed by atoms with van der Waals surface area (Å²) < 4.78 is 0. The minimum atomic E-state index is 0.846. The number of hydrogen-bond donors (Lipinski definition) is 0. The van der Waals surface area contributed by atoms with E-state index in [4.69, 9.17) is 0 Å². The minimum Gasteiger partial charge on any atom is -0.296 e. The molecule has 3 rings (SSSR count). The molecule has 0 amide bonds. The van der Waals surface area contributed by atoms with Crippen LogP contribution in [-0.4, -0.2) is 17.5 Å². The van der Waals surface area contributed by atoms with E-state index in [0.29, 0.717) is 0 Å². The van der Waals surface area contributed by atoms with Crippen LogP contribution in [0.25, 0.3) is 0 Å². The lowest BCUT2D eigenvalue weighted by Crippen LogP contribution is -2.43. The summed E-state index contributed by atoms with van der Waals surface area (Å²) in [5, 5.41) is 0. The SMILES string of the molecule is c1ccc2c(c1)C[C@@H]1CCCCN1C2. The molecule has 0 unspecified atom stereocenters. The topological polar surface area (TPSA) is 3.24 Å². The Morgan fingerprint density at radius 2 is 1.93 bits per heavy atom. The molecular formula is C13H17N. The molecule has 2 aliphatic heterocycles. The lowest BCUT2D eigenvalue weighted by molar-refractivity contribution is 0.127. The lowest BCUT2D eigenvalue weighted by Gasteiger charge is -2.40. The van der Waals surface area contributed by atoms with Crippen LogP contribution >= 0.6 is 0 Å². The Morgan fingerprint density at radius 3 is 2.86 bits per heavy atom. The highest BCUT2D eigenvalue weighted by Gasteiger charge is 2.27. The van der Waals surface area contributed by atoms with E-state index in [-0.39, 0.29) is 0 Å². The van der Waals surface area contributed by atoms with Gasteiger partial charge in [-0.15, -0.1) is 0 Å². The minimum absolute atomic E-state index is 0.846. The van der Waals surface area contributed by atoms with E-state index in [1.165, 1.54) is 38.8 Å². The van der Waals surface area contributed by atoms with Crippen molar-refractivity contribution in [1.82, 2.24) is 4.90 Å². The molecule has 0 spiro atoms. The Hall–Kier alpha value is -0.820. The maximum absolute atomic E-state index is 2.67. The van der Waals surface area contributed by atoms with Crippen molar-refractivity contribution >= 4 is 0 Å². The molecule has 0 N–H and O–H groups in total. The van der Waals surface area contributed by atoms with Crippen molar-refractivity contribution in [2.24, 2.45) is 0 Å². The molecule has 1 heteroatoms. The summed E-state index contributed by atoms with van der Waals surface area (Å²) in [6.07, 6.45) is 5.53. The number of fused-ring (bicyclic) bond motifs is 2. The van der Waals surface area contributed by atoms with Gasteiger partial charge in [0, 0.05) is 12.6 Å². The highest BCUT2D eigenvalue weighted by Crippen LogP contribution is 2.28. The van der Waals surface area contributed by atoms with Gasteiger partial charge in [-0.1, -0.05) is 30.7 Å². The summed E-state index contributed by atoms with van der Waals surface area (Å²) in [6, 6.07) is 9.79. The van der Waals surface area contributed by atoms with E-state index in [1.807, 2.05) is 0 Å². The van der Waals surface area contributed by atoms with Crippen molar-refractivity contribution in [1.29, 1.82) is 0 Å². The molecule has 0 radical (unpaired) electrons. The molecule has 1 nitrogen and oxygen atoms in total. The van der Waals surface area contributed by atoms with Crippen molar-refractivity contribution < 1.29 is 0 Å². The van der Waals surface area contributed by atoms with E-state index >= 15 is 0 Å². The van der Waals surface area contributed by atoms with Crippen LogP contribution in [0.2, 0.25) is 0 Å². The molecule has 74 valence electrons. The fraction of sp³-hybridized carbons (Fsp3) is 0.538. The molecule has 0 bridgehead atoms. The van der Waals surface area contributed by atoms with Crippen molar-refractivity contribution in [3.63, 3.8) is 0 Å². The summed E-state index contributed by atoms with van der Waals surface area (Å²) in [6.45, 7) is 2.51. The summed E-state index contributed by atoms with van der Waals surface area (Å²) >= 11 is 0. The van der Waals surface area contributed by atoms with Gasteiger partial charge in [-0.3, -0.25) is 4.90 Å². The quantitative estimate of drug-likeness (QED) is 0.603. The molecule has 0 saturated carbocycles. The van der Waals surface area contributed by atoms with Gasteiger partial charge in [0.2, 0.25) is 0 Å². The summed E-state index contributed by atoms with van der Waals surface area (Å²) in [4.78, 5) is 2.67. The van der Waals surface area contributed by atoms with Crippen LogP contribution in [0.4, 0.5) is 0 Å². The number of hydrogen-bond acceptors (Lipinski definition) is 1. The van der Waals surface area contributed by atoms with Gasteiger partial charge in [0.15, 0.2) is 0 Å². The molecule has 0 aliphatic carbocycles. The third kappa shape index (κ3) is 1.36. The first-order chi connectivity index (χ1) is 6.93. The zero-order valence-electron chi connectivity index (χ0n) is 8.58. The Morgan fingerprint density at radius 1 is 1.07 bits per heavy atom. The summed E-state index contributed by atoms with van der Waals surface area (Å²) in [5.41, 5.74) is 3.15. The van der Waals surface area contributed by atoms with Crippen LogP contribution in [0.15, 0.2) is 24.3 Å². The number of piperidine rings is 1. The molecule has 14 heavy (non-hydrogen) atoms. The monoisotopic (exact) mass is 187 g/mol. The zero-order chi connectivity index (χ0) is 9.38. The molecule has 2 heterocycles. The number of nitrogens with zero attached hydrogens (tertiary/aromatic N) is 1. The number of rotatable bonds is 0. The maximum atomic E-state index is 2.67. The number of benzene rings is 1. The van der Waals surface area contributed by atoms with E-state index in [9.17, 15) is 0 Å². The second kappa shape index (κ2) is 3.39. The zero-order valence-corrected chi connectivity index (χ0v) is 8.58. The molecule has 1 fully saturated rings. The molecular weight excluding hydrogens is 170 g/mol. The van der Waals surface area contributed by atoms with Crippen LogP contribution in [0, 0.1) is 0 Å². The standard InChI is InChI=1S/C13H17N/c1-2-6-12-10-14-8-4-3-7-13(14)9-11(12)5-1/h1-2,5-6,13H,3-4,7-10H2/t13-/m0/s1. The van der Waals surface area contributed by atoms with Gasteiger partial charge in [-0.2, -0.15) is 0 Å². The van der Waals surface area contributed by atoms with Gasteiger partial charge in [0.05, 0.1) is 0 Å². The Balaban J connectivity index is 1.91. The Kier molecular flexibility index (Phi) is 2.06. The van der Waals surface area contributed by atoms with Gasteiger partial charge in [-0.25, -0.2) is 0 Å². The fourth-order valence-electron chi connectivity index (χ4n) is 2.88. The normalized spacial score (nSPS) is 26.7. The van der Waals surface area contributed by atoms with E-state index in [0.717, 1.165) is 6.04 Å². The Bertz CT molecular complexity index is 299. The van der Waals surface area contributed by atoms with Crippen molar-refractivity contribution in [2.75, 3.05) is 6.54 Å². The van der Waals surface area contributed by atoms with Gasteiger partial charge < -0.3 is 0 Å². The largest absolute Gasteiger partial charge is 0.296 e. The first kappa shape index (κ1) is 8.49. The van der Waals surface area contributed by atoms with Gasteiger partial charge >= 0.3 is 0 Å². The molecule has 1 saturated heterocycles. The van der Waals surface area contributed by atoms with Crippen LogP contribution in [0.5, 0.6) is 0 Å². The van der Waals surface area contributed by atoms with E-state index < -0.39 is 0 Å². The smallest absolute Gasteiger partial charge is 0.0239 e. The summed E-state index contributed by atoms with van der Waals surface area (Å²) in [7, 11) is 0.